The van der Waals surface area contributed by atoms with Gasteiger partial charge in [0.2, 0.25) is 5.91 Å². The summed E-state index contributed by atoms with van der Waals surface area (Å²) in [6, 6.07) is 12.0. The second-order valence-corrected chi connectivity index (χ2v) is 15.8. The summed E-state index contributed by atoms with van der Waals surface area (Å²) in [4.78, 5) is 38.4. The third kappa shape index (κ3) is 5.46. The molecule has 4 rings (SSSR count). The number of oxazole rings is 1. The monoisotopic (exact) mass is 493 g/mol. The van der Waals surface area contributed by atoms with Crippen LogP contribution in [0, 0.1) is 0 Å². The van der Waals surface area contributed by atoms with Gasteiger partial charge in [-0.1, -0.05) is 37.8 Å². The number of hydrogen-bond acceptors (Lipinski definition) is 5. The topological polar surface area (TPSA) is 108 Å². The number of rotatable bonds is 9. The van der Waals surface area contributed by atoms with Crippen molar-refractivity contribution in [2.45, 2.75) is 51.9 Å². The van der Waals surface area contributed by atoms with Crippen LogP contribution in [0.15, 0.2) is 51.7 Å². The summed E-state index contributed by atoms with van der Waals surface area (Å²) in [6.45, 7) is 9.96. The molecule has 0 saturated carbocycles. The average Bonchev–Trinajstić information content (AvgIpc) is 3.22. The van der Waals surface area contributed by atoms with Crippen LogP contribution < -0.4 is 11.5 Å². The van der Waals surface area contributed by atoms with Crippen LogP contribution in [0.2, 0.25) is 25.7 Å². The number of fused-ring (bicyclic) bond motifs is 2. The molecule has 2 aromatic carbocycles. The van der Waals surface area contributed by atoms with E-state index in [2.05, 4.69) is 19.6 Å². The fourth-order valence-corrected chi connectivity index (χ4v) is 4.93. The van der Waals surface area contributed by atoms with Crippen molar-refractivity contribution in [2.24, 2.45) is 5.73 Å². The second kappa shape index (κ2) is 9.67. The van der Waals surface area contributed by atoms with Crippen molar-refractivity contribution < 1.29 is 18.7 Å². The van der Waals surface area contributed by atoms with E-state index in [0.717, 1.165) is 22.7 Å². The van der Waals surface area contributed by atoms with Crippen LogP contribution in [0.4, 0.5) is 0 Å². The number of aromatic nitrogens is 1. The third-order valence-corrected chi connectivity index (χ3v) is 7.93. The Morgan fingerprint density at radius 2 is 1.94 bits per heavy atom. The van der Waals surface area contributed by atoms with E-state index in [9.17, 15) is 14.4 Å². The van der Waals surface area contributed by atoms with Gasteiger partial charge >= 0.3 is 5.76 Å². The minimum absolute atomic E-state index is 0.0863. The molecule has 3 aromatic rings. The van der Waals surface area contributed by atoms with Crippen LogP contribution in [0.3, 0.4) is 0 Å². The van der Waals surface area contributed by atoms with Crippen molar-refractivity contribution in [2.75, 3.05) is 6.61 Å². The number of amides is 2. The smallest absolute Gasteiger partial charge is 0.408 e. The number of benzene rings is 2. The van der Waals surface area contributed by atoms with Crippen LogP contribution in [-0.2, 0) is 22.8 Å². The van der Waals surface area contributed by atoms with Gasteiger partial charge in [-0.05, 0) is 53.9 Å². The molecular weight excluding hydrogens is 462 g/mol. The van der Waals surface area contributed by atoms with E-state index >= 15 is 0 Å². The molecule has 9 heteroatoms. The Hall–Kier alpha value is -3.43. The molecule has 35 heavy (non-hydrogen) atoms. The van der Waals surface area contributed by atoms with Crippen LogP contribution in [0.25, 0.3) is 17.2 Å². The molecule has 2 N–H and O–H groups in total. The molecule has 2 amide bonds. The summed E-state index contributed by atoms with van der Waals surface area (Å²) in [5.74, 6) is -1.09. The first kappa shape index (κ1) is 24.7. The summed E-state index contributed by atoms with van der Waals surface area (Å²) >= 11 is 0. The highest BCUT2D eigenvalue weighted by molar-refractivity contribution is 6.76. The minimum atomic E-state index is -1.21. The maximum Gasteiger partial charge on any atom is 0.421 e. The van der Waals surface area contributed by atoms with Gasteiger partial charge < -0.3 is 19.8 Å². The van der Waals surface area contributed by atoms with Crippen molar-refractivity contribution >= 4 is 37.1 Å². The van der Waals surface area contributed by atoms with Crippen LogP contribution in [0.5, 0.6) is 0 Å². The highest BCUT2D eigenvalue weighted by Crippen LogP contribution is 2.35. The zero-order valence-corrected chi connectivity index (χ0v) is 21.5. The van der Waals surface area contributed by atoms with Crippen molar-refractivity contribution in [1.29, 1.82) is 0 Å². The third-order valence-electron chi connectivity index (χ3n) is 6.23. The summed E-state index contributed by atoms with van der Waals surface area (Å²) in [5, 5.41) is 0. The van der Waals surface area contributed by atoms with Crippen molar-refractivity contribution in [3.63, 3.8) is 0 Å². The standard InChI is InChI=1S/C26H31N3O5Si/c1-17-20-8-5-18(7-10-24(27)30)13-21(20)25(31)28(17)15-19-6-9-22-23(14-19)34-26(32)29(22)16-33-11-12-35(2,3)4/h5-10,13-14,17H,11-12,15-16H2,1-4H3,(H2,27,30). The lowest BCUT2D eigenvalue weighted by Gasteiger charge is -2.22. The van der Waals surface area contributed by atoms with E-state index in [1.807, 2.05) is 31.2 Å². The van der Waals surface area contributed by atoms with Crippen molar-refractivity contribution in [3.8, 4) is 0 Å². The lowest BCUT2D eigenvalue weighted by Crippen LogP contribution is -2.26. The van der Waals surface area contributed by atoms with E-state index in [1.165, 1.54) is 10.6 Å². The number of hydrogen-bond donors (Lipinski definition) is 1. The Labute approximate surface area is 205 Å². The van der Waals surface area contributed by atoms with Gasteiger partial charge in [0.1, 0.15) is 6.73 Å². The average molecular weight is 494 g/mol. The number of nitrogens with two attached hydrogens (primary N) is 1. The summed E-state index contributed by atoms with van der Waals surface area (Å²) in [6.07, 6.45) is 2.87. The Kier molecular flexibility index (Phi) is 6.82. The predicted molar refractivity (Wildman–Crippen MR) is 138 cm³/mol. The van der Waals surface area contributed by atoms with Gasteiger partial charge in [-0.2, -0.15) is 0 Å². The van der Waals surface area contributed by atoms with Gasteiger partial charge in [-0.15, -0.1) is 0 Å². The molecule has 184 valence electrons. The zero-order valence-electron chi connectivity index (χ0n) is 20.5. The molecular formula is C26H31N3O5Si. The molecule has 0 fully saturated rings. The summed E-state index contributed by atoms with van der Waals surface area (Å²) < 4.78 is 12.7. The van der Waals surface area contributed by atoms with Crippen LogP contribution in [-0.4, -0.2) is 36.0 Å². The minimum Gasteiger partial charge on any atom is -0.408 e. The fourth-order valence-electron chi connectivity index (χ4n) is 4.17. The lowest BCUT2D eigenvalue weighted by atomic mass is 10.0. The molecule has 1 aliphatic heterocycles. The van der Waals surface area contributed by atoms with Crippen molar-refractivity contribution in [3.05, 3.63) is 75.3 Å². The first-order chi connectivity index (χ1) is 16.5. The molecule has 0 spiro atoms. The van der Waals surface area contributed by atoms with Gasteiger partial charge in [0.25, 0.3) is 5.91 Å². The highest BCUT2D eigenvalue weighted by Gasteiger charge is 2.33. The Morgan fingerprint density at radius 1 is 1.17 bits per heavy atom. The first-order valence-corrected chi connectivity index (χ1v) is 15.4. The molecule has 2 heterocycles. The highest BCUT2D eigenvalue weighted by atomic mass is 28.3. The predicted octanol–water partition coefficient (Wildman–Crippen LogP) is 4.12. The molecule has 1 atom stereocenters. The van der Waals surface area contributed by atoms with Gasteiger partial charge in [0, 0.05) is 32.9 Å². The molecule has 0 saturated heterocycles. The Balaban J connectivity index is 1.50. The van der Waals surface area contributed by atoms with Crippen LogP contribution in [0.1, 0.15) is 40.0 Å². The van der Waals surface area contributed by atoms with E-state index in [0.29, 0.717) is 29.8 Å². The first-order valence-electron chi connectivity index (χ1n) is 11.7. The van der Waals surface area contributed by atoms with Crippen LogP contribution >= 0.6 is 0 Å². The molecule has 1 unspecified atom stereocenters. The number of carbonyl (C=O) groups excluding carboxylic acids is 2. The van der Waals surface area contributed by atoms with Gasteiger partial charge in [-0.25, -0.2) is 9.36 Å². The zero-order chi connectivity index (χ0) is 25.3. The normalized spacial score (nSPS) is 15.9. The maximum absolute atomic E-state index is 13.2. The molecule has 1 aliphatic rings. The molecule has 0 aliphatic carbocycles. The summed E-state index contributed by atoms with van der Waals surface area (Å²) in [7, 11) is -1.21. The van der Waals surface area contributed by atoms with Gasteiger partial charge in [0.05, 0.1) is 11.6 Å². The molecule has 8 nitrogen and oxygen atoms in total. The molecule has 0 bridgehead atoms. The molecule has 0 radical (unpaired) electrons. The number of nitrogens with zero attached hydrogens (tertiary/aromatic N) is 2. The van der Waals surface area contributed by atoms with E-state index < -0.39 is 19.7 Å². The number of primary amides is 1. The maximum atomic E-state index is 13.2. The Bertz CT molecular complexity index is 1370. The number of carbonyl (C=O) groups is 2. The van der Waals surface area contributed by atoms with Crippen molar-refractivity contribution in [1.82, 2.24) is 9.47 Å². The number of ether oxygens (including phenoxy) is 1. The SMILES string of the molecule is CC1c2ccc(C=CC(N)=O)cc2C(=O)N1Cc1ccc2c(c1)oc(=O)n2COCC[Si](C)(C)C. The lowest BCUT2D eigenvalue weighted by molar-refractivity contribution is -0.113. The van der Waals surface area contributed by atoms with Gasteiger partial charge in [0.15, 0.2) is 5.58 Å². The quantitative estimate of drug-likeness (QED) is 0.274. The summed E-state index contributed by atoms with van der Waals surface area (Å²) in [5.41, 5.74) is 9.45. The van der Waals surface area contributed by atoms with Gasteiger partial charge in [-0.3, -0.25) is 9.59 Å². The Morgan fingerprint density at radius 3 is 2.66 bits per heavy atom. The molecule has 1 aromatic heterocycles. The fraction of sp³-hybridized carbons (Fsp3) is 0.346. The van der Waals surface area contributed by atoms with E-state index in [1.54, 1.807) is 23.1 Å². The van der Waals surface area contributed by atoms with E-state index in [-0.39, 0.29) is 18.7 Å². The largest absolute Gasteiger partial charge is 0.421 e. The second-order valence-electron chi connectivity index (χ2n) is 10.1. The van der Waals surface area contributed by atoms with E-state index in [4.69, 9.17) is 14.9 Å².